The molecule has 46 heavy (non-hydrogen) atoms. The van der Waals surface area contributed by atoms with Gasteiger partial charge >= 0.3 is 6.01 Å². The van der Waals surface area contributed by atoms with E-state index in [0.717, 1.165) is 33.5 Å². The quantitative estimate of drug-likeness (QED) is 0.240. The SMILES string of the molecule is [C-]#[N+]C[C@H]1CN(c2nc(OC[C@@H](C)N(C)C3CC(F)(F)C3)nc3c2CCN(c2cncc4cccc(Cl)c24)C3)CCN1C(=O)C=C. The van der Waals surface area contributed by atoms with E-state index in [9.17, 15) is 13.6 Å². The molecule has 3 aromatic rings. The van der Waals surface area contributed by atoms with Crippen molar-refractivity contribution in [1.82, 2.24) is 24.8 Å². The van der Waals surface area contributed by atoms with Crippen molar-refractivity contribution in [3.63, 3.8) is 0 Å². The van der Waals surface area contributed by atoms with Gasteiger partial charge in [0.1, 0.15) is 18.5 Å². The van der Waals surface area contributed by atoms with Gasteiger partial charge in [0.2, 0.25) is 12.5 Å². The maximum Gasteiger partial charge on any atom is 0.318 e. The molecule has 6 rings (SSSR count). The average molecular weight is 651 g/mol. The lowest BCUT2D eigenvalue weighted by atomic mass is 9.86. The number of piperazine rings is 1. The number of aromatic nitrogens is 3. The molecule has 0 N–H and O–H groups in total. The van der Waals surface area contributed by atoms with E-state index in [1.54, 1.807) is 11.1 Å². The van der Waals surface area contributed by atoms with E-state index in [1.165, 1.54) is 6.08 Å². The number of nitrogens with zero attached hydrogens (tertiary/aromatic N) is 8. The Labute approximate surface area is 272 Å². The van der Waals surface area contributed by atoms with Gasteiger partial charge < -0.3 is 24.3 Å². The predicted molar refractivity (Wildman–Crippen MR) is 174 cm³/mol. The Morgan fingerprint density at radius 1 is 1.26 bits per heavy atom. The molecule has 0 spiro atoms. The van der Waals surface area contributed by atoms with E-state index in [4.69, 9.17) is 32.9 Å². The van der Waals surface area contributed by atoms with Crippen LogP contribution in [0.4, 0.5) is 20.3 Å². The molecule has 1 aromatic carbocycles. The lowest BCUT2D eigenvalue weighted by Crippen LogP contribution is -2.56. The molecule has 242 valence electrons. The fourth-order valence-corrected chi connectivity index (χ4v) is 6.92. The molecule has 0 unspecified atom stereocenters. The molecule has 1 saturated carbocycles. The second-order valence-electron chi connectivity index (χ2n) is 12.3. The van der Waals surface area contributed by atoms with E-state index < -0.39 is 5.92 Å². The molecule has 1 aliphatic carbocycles. The standard InChI is InChI=1S/C33H37ClF2N8O2/c1-5-29(45)44-12-11-43(18-24(44)16-37-3)31-25-9-10-42(28-17-38-15-22-7-6-8-26(34)30(22)28)19-27(25)39-32(40-31)46-20-21(2)41(4)23-13-33(35,36)14-23/h5-8,15,17,21,23-24H,1,9-14,16,18-20H2,2,4H3/t21-,24+/m1/s1. The van der Waals surface area contributed by atoms with Crippen LogP contribution in [-0.4, -0.2) is 101 Å². The van der Waals surface area contributed by atoms with Crippen LogP contribution in [0, 0.1) is 6.57 Å². The topological polar surface area (TPSA) is 82.3 Å². The van der Waals surface area contributed by atoms with Crippen LogP contribution < -0.4 is 14.5 Å². The highest BCUT2D eigenvalue weighted by molar-refractivity contribution is 6.36. The summed E-state index contributed by atoms with van der Waals surface area (Å²) < 4.78 is 33.2. The minimum Gasteiger partial charge on any atom is -0.462 e. The number of hydrogen-bond acceptors (Lipinski definition) is 8. The van der Waals surface area contributed by atoms with E-state index in [-0.39, 0.29) is 56.0 Å². The number of ether oxygens (including phenoxy) is 1. The van der Waals surface area contributed by atoms with Crippen LogP contribution in [0.5, 0.6) is 6.01 Å². The number of benzene rings is 1. The first-order valence-corrected chi connectivity index (χ1v) is 15.9. The molecular weight excluding hydrogens is 614 g/mol. The highest BCUT2D eigenvalue weighted by atomic mass is 35.5. The number of alkyl halides is 2. The van der Waals surface area contributed by atoms with Gasteiger partial charge in [-0.05, 0) is 32.5 Å². The number of halogens is 3. The summed E-state index contributed by atoms with van der Waals surface area (Å²) in [7, 11) is 1.84. The average Bonchev–Trinajstić information content (AvgIpc) is 3.04. The number of fused-ring (bicyclic) bond motifs is 2. The second-order valence-corrected chi connectivity index (χ2v) is 12.8. The van der Waals surface area contributed by atoms with Gasteiger partial charge in [-0.15, -0.1) is 0 Å². The Hall–Kier alpha value is -4.08. The Morgan fingerprint density at radius 2 is 2.07 bits per heavy atom. The van der Waals surface area contributed by atoms with Crippen LogP contribution in [-0.2, 0) is 17.8 Å². The summed E-state index contributed by atoms with van der Waals surface area (Å²) in [6, 6.07) is 5.32. The summed E-state index contributed by atoms with van der Waals surface area (Å²) in [5.74, 6) is -2.06. The minimum absolute atomic E-state index is 0.138. The third-order valence-electron chi connectivity index (χ3n) is 9.41. The highest BCUT2D eigenvalue weighted by Crippen LogP contribution is 2.41. The summed E-state index contributed by atoms with van der Waals surface area (Å²) in [6.45, 7) is 16.0. The lowest BCUT2D eigenvalue weighted by molar-refractivity contribution is -0.128. The number of hydrogen-bond donors (Lipinski definition) is 0. The third kappa shape index (κ3) is 6.31. The zero-order valence-corrected chi connectivity index (χ0v) is 26.8. The van der Waals surface area contributed by atoms with Crippen molar-refractivity contribution in [3.8, 4) is 6.01 Å². The molecule has 4 heterocycles. The number of carbonyl (C=O) groups is 1. The summed E-state index contributed by atoms with van der Waals surface area (Å²) in [5.41, 5.74) is 2.72. The number of carbonyl (C=O) groups excluding carboxylic acids is 1. The molecule has 2 aromatic heterocycles. The molecule has 1 amide bonds. The normalized spacial score (nSPS) is 20.2. The van der Waals surface area contributed by atoms with Crippen molar-refractivity contribution < 1.29 is 18.3 Å². The molecular formula is C33H37ClF2N8O2. The monoisotopic (exact) mass is 650 g/mol. The van der Waals surface area contributed by atoms with E-state index in [2.05, 4.69) is 26.2 Å². The molecule has 13 heteroatoms. The van der Waals surface area contributed by atoms with Crippen LogP contribution >= 0.6 is 11.6 Å². The zero-order valence-electron chi connectivity index (χ0n) is 26.0. The van der Waals surface area contributed by atoms with E-state index in [0.29, 0.717) is 44.2 Å². The molecule has 1 saturated heterocycles. The van der Waals surface area contributed by atoms with E-state index >= 15 is 0 Å². The Balaban J connectivity index is 1.30. The molecule has 3 aliphatic rings. The second kappa shape index (κ2) is 13.0. The summed E-state index contributed by atoms with van der Waals surface area (Å²) in [5, 5.41) is 2.52. The van der Waals surface area contributed by atoms with Gasteiger partial charge in [0.05, 0.1) is 29.1 Å². The van der Waals surface area contributed by atoms with Gasteiger partial charge in [0.25, 0.3) is 5.92 Å². The first kappa shape index (κ1) is 31.9. The van der Waals surface area contributed by atoms with Crippen LogP contribution in [0.1, 0.15) is 31.0 Å². The number of rotatable bonds is 9. The summed E-state index contributed by atoms with van der Waals surface area (Å²) in [4.78, 5) is 38.3. The van der Waals surface area contributed by atoms with Crippen molar-refractivity contribution in [1.29, 1.82) is 0 Å². The maximum atomic E-state index is 13.5. The van der Waals surface area contributed by atoms with Crippen molar-refractivity contribution in [2.75, 3.05) is 56.2 Å². The van der Waals surface area contributed by atoms with Crippen LogP contribution in [0.15, 0.2) is 43.2 Å². The first-order chi connectivity index (χ1) is 22.1. The van der Waals surface area contributed by atoms with Crippen molar-refractivity contribution >= 4 is 39.8 Å². The van der Waals surface area contributed by atoms with Crippen LogP contribution in [0.3, 0.4) is 0 Å². The summed E-state index contributed by atoms with van der Waals surface area (Å²) >= 11 is 6.66. The largest absolute Gasteiger partial charge is 0.462 e. The fraction of sp³-hybridized carbons (Fsp3) is 0.485. The molecule has 2 atom stereocenters. The van der Waals surface area contributed by atoms with Crippen molar-refractivity contribution in [3.05, 3.63) is 70.9 Å². The van der Waals surface area contributed by atoms with Crippen molar-refractivity contribution in [2.24, 2.45) is 0 Å². The minimum atomic E-state index is -2.60. The van der Waals surface area contributed by atoms with Gasteiger partial charge in [-0.2, -0.15) is 9.97 Å². The smallest absolute Gasteiger partial charge is 0.318 e. The third-order valence-corrected chi connectivity index (χ3v) is 9.73. The molecule has 0 bridgehead atoms. The number of anilines is 2. The highest BCUT2D eigenvalue weighted by Gasteiger charge is 2.47. The predicted octanol–water partition coefficient (Wildman–Crippen LogP) is 4.86. The van der Waals surface area contributed by atoms with Gasteiger partial charge in [0, 0.05) is 73.6 Å². The van der Waals surface area contributed by atoms with Gasteiger partial charge in [-0.25, -0.2) is 15.4 Å². The lowest BCUT2D eigenvalue weighted by Gasteiger charge is -2.43. The van der Waals surface area contributed by atoms with Gasteiger partial charge in [0.15, 0.2) is 0 Å². The molecule has 0 radical (unpaired) electrons. The molecule has 2 aliphatic heterocycles. The first-order valence-electron chi connectivity index (χ1n) is 15.5. The number of amides is 1. The Kier molecular flexibility index (Phi) is 8.99. The van der Waals surface area contributed by atoms with Gasteiger partial charge in [-0.3, -0.25) is 14.7 Å². The van der Waals surface area contributed by atoms with Crippen LogP contribution in [0.25, 0.3) is 15.6 Å². The fourth-order valence-electron chi connectivity index (χ4n) is 6.64. The number of likely N-dealkylation sites (N-methyl/N-ethyl adjacent to an activating group) is 1. The Bertz CT molecular complexity index is 1670. The summed E-state index contributed by atoms with van der Waals surface area (Å²) in [6.07, 6.45) is 5.26. The van der Waals surface area contributed by atoms with E-state index in [1.807, 2.05) is 43.3 Å². The Morgan fingerprint density at radius 3 is 2.80 bits per heavy atom. The van der Waals surface area contributed by atoms with Crippen molar-refractivity contribution in [2.45, 2.75) is 56.8 Å². The van der Waals surface area contributed by atoms with Gasteiger partial charge in [-0.1, -0.05) is 30.3 Å². The number of pyridine rings is 1. The zero-order chi connectivity index (χ0) is 32.6. The molecule has 2 fully saturated rings. The van der Waals surface area contributed by atoms with Crippen LogP contribution in [0.2, 0.25) is 5.02 Å². The maximum absolute atomic E-state index is 13.5. The molecule has 10 nitrogen and oxygen atoms in total.